The number of benzene rings is 2. The third-order valence-corrected chi connectivity index (χ3v) is 3.51. The number of fused-ring (bicyclic) bond motifs is 1. The molecule has 2 aromatic carbocycles. The fraction of sp³-hybridized carbons (Fsp3) is 0.188. The van der Waals surface area contributed by atoms with E-state index in [-0.39, 0.29) is 5.91 Å². The highest BCUT2D eigenvalue weighted by atomic mass is 19.4. The molecule has 114 valence electrons. The molecule has 6 heteroatoms. The van der Waals surface area contributed by atoms with Gasteiger partial charge in [0.05, 0.1) is 16.9 Å². The summed E-state index contributed by atoms with van der Waals surface area (Å²) in [6.07, 6.45) is -3.96. The molecule has 3 nitrogen and oxygen atoms in total. The van der Waals surface area contributed by atoms with Gasteiger partial charge in [0.25, 0.3) is 0 Å². The number of amides is 1. The van der Waals surface area contributed by atoms with E-state index in [0.717, 1.165) is 23.4 Å². The largest absolute Gasteiger partial charge is 0.416 e. The van der Waals surface area contributed by atoms with Gasteiger partial charge in [-0.15, -0.1) is 0 Å². The Bertz CT molecular complexity index is 708. The lowest BCUT2D eigenvalue weighted by Gasteiger charge is -2.11. The van der Waals surface area contributed by atoms with Crippen molar-refractivity contribution in [2.24, 2.45) is 0 Å². The number of nitrogens with one attached hydrogen (secondary N) is 2. The Morgan fingerprint density at radius 1 is 0.909 bits per heavy atom. The highest BCUT2D eigenvalue weighted by Crippen LogP contribution is 2.33. The first-order valence-corrected chi connectivity index (χ1v) is 6.79. The van der Waals surface area contributed by atoms with Crippen LogP contribution in [0.4, 0.5) is 24.5 Å². The van der Waals surface area contributed by atoms with Gasteiger partial charge in [0.15, 0.2) is 0 Å². The van der Waals surface area contributed by atoms with Crippen LogP contribution < -0.4 is 10.6 Å². The molecule has 0 bridgehead atoms. The van der Waals surface area contributed by atoms with E-state index < -0.39 is 11.7 Å². The van der Waals surface area contributed by atoms with Gasteiger partial charge in [0.1, 0.15) is 0 Å². The third-order valence-electron chi connectivity index (χ3n) is 3.51. The Kier molecular flexibility index (Phi) is 3.52. The number of halogens is 3. The zero-order chi connectivity index (χ0) is 15.7. The number of carbonyl (C=O) groups is 1. The van der Waals surface area contributed by atoms with Gasteiger partial charge in [-0.2, -0.15) is 13.2 Å². The smallest absolute Gasteiger partial charge is 0.383 e. The normalized spacial score (nSPS) is 14.6. The number of anilines is 2. The maximum absolute atomic E-state index is 12.6. The standard InChI is InChI=1S/C16H13F3N2O/c17-16(18,19)12-4-1-10(2-5-12)11-3-6-13-14(9-11)20-8-7-15(22)21-13/h1-6,9,20H,7-8H2,(H,21,22). The van der Waals surface area contributed by atoms with E-state index in [1.807, 2.05) is 6.07 Å². The summed E-state index contributed by atoms with van der Waals surface area (Å²) < 4.78 is 37.7. The minimum absolute atomic E-state index is 0.0615. The second kappa shape index (κ2) is 5.36. The second-order valence-electron chi connectivity index (χ2n) is 5.06. The van der Waals surface area contributed by atoms with Gasteiger partial charge in [0, 0.05) is 13.0 Å². The first-order valence-electron chi connectivity index (χ1n) is 6.79. The van der Waals surface area contributed by atoms with Gasteiger partial charge in [0.2, 0.25) is 5.91 Å². The molecule has 0 radical (unpaired) electrons. The summed E-state index contributed by atoms with van der Waals surface area (Å²) in [5.74, 6) is -0.0615. The molecule has 0 atom stereocenters. The Morgan fingerprint density at radius 3 is 2.27 bits per heavy atom. The zero-order valence-electron chi connectivity index (χ0n) is 11.5. The van der Waals surface area contributed by atoms with Gasteiger partial charge in [-0.25, -0.2) is 0 Å². The van der Waals surface area contributed by atoms with E-state index in [9.17, 15) is 18.0 Å². The van der Waals surface area contributed by atoms with Crippen LogP contribution in [0, 0.1) is 0 Å². The molecule has 0 saturated heterocycles. The Hall–Kier alpha value is -2.50. The van der Waals surface area contributed by atoms with Crippen LogP contribution in [-0.2, 0) is 11.0 Å². The number of hydrogen-bond acceptors (Lipinski definition) is 2. The molecule has 0 saturated carbocycles. The van der Waals surface area contributed by atoms with Crippen molar-refractivity contribution in [3.63, 3.8) is 0 Å². The minimum Gasteiger partial charge on any atom is -0.383 e. The summed E-state index contributed by atoms with van der Waals surface area (Å²) in [6, 6.07) is 10.4. The number of alkyl halides is 3. The van der Waals surface area contributed by atoms with E-state index in [0.29, 0.717) is 24.2 Å². The molecule has 22 heavy (non-hydrogen) atoms. The van der Waals surface area contributed by atoms with Crippen LogP contribution in [0.2, 0.25) is 0 Å². The average molecular weight is 306 g/mol. The monoisotopic (exact) mass is 306 g/mol. The summed E-state index contributed by atoms with van der Waals surface area (Å²) in [7, 11) is 0. The average Bonchev–Trinajstić information content (AvgIpc) is 2.66. The van der Waals surface area contributed by atoms with E-state index >= 15 is 0 Å². The van der Waals surface area contributed by atoms with Crippen molar-refractivity contribution in [3.8, 4) is 11.1 Å². The van der Waals surface area contributed by atoms with Crippen molar-refractivity contribution in [2.45, 2.75) is 12.6 Å². The zero-order valence-corrected chi connectivity index (χ0v) is 11.5. The van der Waals surface area contributed by atoms with E-state index in [4.69, 9.17) is 0 Å². The Morgan fingerprint density at radius 2 is 1.59 bits per heavy atom. The Labute approximate surface area is 125 Å². The molecule has 0 aromatic heterocycles. The SMILES string of the molecule is O=C1CCNc2cc(-c3ccc(C(F)(F)F)cc3)ccc2N1. The lowest BCUT2D eigenvalue weighted by molar-refractivity contribution is -0.137. The molecule has 3 rings (SSSR count). The molecule has 0 spiro atoms. The molecule has 0 fully saturated rings. The number of hydrogen-bond donors (Lipinski definition) is 2. The minimum atomic E-state index is -4.34. The van der Waals surface area contributed by atoms with Crippen molar-refractivity contribution in [2.75, 3.05) is 17.2 Å². The maximum Gasteiger partial charge on any atom is 0.416 e. The van der Waals surface area contributed by atoms with Gasteiger partial charge in [-0.05, 0) is 35.4 Å². The maximum atomic E-state index is 12.6. The summed E-state index contributed by atoms with van der Waals surface area (Å²) >= 11 is 0. The molecule has 1 aliphatic heterocycles. The molecule has 2 aromatic rings. The van der Waals surface area contributed by atoms with E-state index in [1.54, 1.807) is 12.1 Å². The first kappa shape index (κ1) is 14.4. The number of rotatable bonds is 1. The van der Waals surface area contributed by atoms with Crippen LogP contribution in [0.25, 0.3) is 11.1 Å². The fourth-order valence-electron chi connectivity index (χ4n) is 2.35. The molecule has 2 N–H and O–H groups in total. The van der Waals surface area contributed by atoms with Crippen LogP contribution >= 0.6 is 0 Å². The van der Waals surface area contributed by atoms with E-state index in [2.05, 4.69) is 10.6 Å². The predicted octanol–water partition coefficient (Wildman–Crippen LogP) is 4.13. The highest BCUT2D eigenvalue weighted by molar-refractivity contribution is 5.96. The summed E-state index contributed by atoms with van der Waals surface area (Å²) in [6.45, 7) is 0.523. The molecule has 0 unspecified atom stereocenters. The quantitative estimate of drug-likeness (QED) is 0.832. The lowest BCUT2D eigenvalue weighted by atomic mass is 10.0. The van der Waals surface area contributed by atoms with Crippen molar-refractivity contribution in [1.29, 1.82) is 0 Å². The highest BCUT2D eigenvalue weighted by Gasteiger charge is 2.30. The second-order valence-corrected chi connectivity index (χ2v) is 5.06. The van der Waals surface area contributed by atoms with Crippen LogP contribution in [0.3, 0.4) is 0 Å². The van der Waals surface area contributed by atoms with Crippen molar-refractivity contribution in [1.82, 2.24) is 0 Å². The van der Waals surface area contributed by atoms with Crippen molar-refractivity contribution >= 4 is 17.3 Å². The van der Waals surface area contributed by atoms with Crippen molar-refractivity contribution in [3.05, 3.63) is 48.0 Å². The topological polar surface area (TPSA) is 41.1 Å². The molecule has 0 aliphatic carbocycles. The predicted molar refractivity (Wildman–Crippen MR) is 78.6 cm³/mol. The van der Waals surface area contributed by atoms with Crippen LogP contribution in [0.5, 0.6) is 0 Å². The van der Waals surface area contributed by atoms with Gasteiger partial charge >= 0.3 is 6.18 Å². The van der Waals surface area contributed by atoms with Crippen molar-refractivity contribution < 1.29 is 18.0 Å². The van der Waals surface area contributed by atoms with Crippen LogP contribution in [-0.4, -0.2) is 12.5 Å². The summed E-state index contributed by atoms with van der Waals surface area (Å²) in [4.78, 5) is 11.5. The molecule has 1 amide bonds. The van der Waals surface area contributed by atoms with Crippen LogP contribution in [0.15, 0.2) is 42.5 Å². The number of carbonyl (C=O) groups excluding carboxylic acids is 1. The molecular weight excluding hydrogens is 293 g/mol. The van der Waals surface area contributed by atoms with Gasteiger partial charge < -0.3 is 10.6 Å². The van der Waals surface area contributed by atoms with Crippen LogP contribution in [0.1, 0.15) is 12.0 Å². The van der Waals surface area contributed by atoms with Gasteiger partial charge in [-0.1, -0.05) is 18.2 Å². The van der Waals surface area contributed by atoms with Gasteiger partial charge in [-0.3, -0.25) is 4.79 Å². The Balaban J connectivity index is 1.93. The third kappa shape index (κ3) is 2.90. The lowest BCUT2D eigenvalue weighted by Crippen LogP contribution is -2.10. The van der Waals surface area contributed by atoms with E-state index in [1.165, 1.54) is 12.1 Å². The molecular formula is C16H13F3N2O. The summed E-state index contributed by atoms with van der Waals surface area (Å²) in [5, 5.41) is 5.92. The fourth-order valence-corrected chi connectivity index (χ4v) is 2.35. The molecule has 1 heterocycles. The summed E-state index contributed by atoms with van der Waals surface area (Å²) in [5.41, 5.74) is 2.25. The molecule has 1 aliphatic rings. The first-order chi connectivity index (χ1) is 10.4.